The monoisotopic (exact) mass is 442 g/mol. The van der Waals surface area contributed by atoms with Crippen LogP contribution in [-0.4, -0.2) is 22.9 Å². The van der Waals surface area contributed by atoms with Crippen molar-refractivity contribution in [3.63, 3.8) is 0 Å². The molecule has 1 aliphatic rings. The molecular formula is C24H25F3N4O. The highest BCUT2D eigenvalue weighted by Gasteiger charge is 2.31. The molecule has 4 rings (SSSR count). The molecule has 0 amide bonds. The van der Waals surface area contributed by atoms with Crippen molar-refractivity contribution in [3.05, 3.63) is 77.0 Å². The Morgan fingerprint density at radius 1 is 1.03 bits per heavy atom. The highest BCUT2D eigenvalue weighted by Crippen LogP contribution is 2.30. The lowest BCUT2D eigenvalue weighted by Crippen LogP contribution is -2.31. The SMILES string of the molecule is CC(C)c1cc(N2CCc3ccc(OC(F)(F)F)cc3C2)nc(NCc2ccccc2)n1. The van der Waals surface area contributed by atoms with Gasteiger partial charge in [-0.3, -0.25) is 0 Å². The number of nitrogens with zero attached hydrogens (tertiary/aromatic N) is 3. The lowest BCUT2D eigenvalue weighted by atomic mass is 9.99. The highest BCUT2D eigenvalue weighted by molar-refractivity contribution is 5.50. The van der Waals surface area contributed by atoms with E-state index in [0.29, 0.717) is 19.0 Å². The molecule has 0 bridgehead atoms. The van der Waals surface area contributed by atoms with Gasteiger partial charge in [-0.1, -0.05) is 50.2 Å². The van der Waals surface area contributed by atoms with Gasteiger partial charge in [0.2, 0.25) is 5.95 Å². The molecule has 0 atom stereocenters. The topological polar surface area (TPSA) is 50.3 Å². The van der Waals surface area contributed by atoms with Gasteiger partial charge in [0.15, 0.2) is 0 Å². The highest BCUT2D eigenvalue weighted by atomic mass is 19.4. The second-order valence-corrected chi connectivity index (χ2v) is 8.12. The summed E-state index contributed by atoms with van der Waals surface area (Å²) < 4.78 is 42.0. The van der Waals surface area contributed by atoms with Gasteiger partial charge in [0, 0.05) is 25.7 Å². The van der Waals surface area contributed by atoms with Crippen LogP contribution in [0.1, 0.15) is 42.1 Å². The molecule has 5 nitrogen and oxygen atoms in total. The number of benzene rings is 2. The second-order valence-electron chi connectivity index (χ2n) is 8.12. The van der Waals surface area contributed by atoms with Gasteiger partial charge >= 0.3 is 6.36 Å². The van der Waals surface area contributed by atoms with Crippen LogP contribution in [0.4, 0.5) is 24.9 Å². The van der Waals surface area contributed by atoms with Crippen LogP contribution in [0.5, 0.6) is 5.75 Å². The average Bonchev–Trinajstić information content (AvgIpc) is 2.76. The Bertz CT molecular complexity index is 1070. The van der Waals surface area contributed by atoms with Crippen molar-refractivity contribution in [2.45, 2.75) is 45.6 Å². The molecule has 0 spiro atoms. The molecular weight excluding hydrogens is 417 g/mol. The van der Waals surface area contributed by atoms with Crippen LogP contribution in [0.25, 0.3) is 0 Å². The standard InChI is InChI=1S/C24H25F3N4O/c1-16(2)21-13-22(30-23(29-21)28-14-17-6-4-3-5-7-17)31-11-10-18-8-9-20(12-19(18)15-31)32-24(25,26)27/h3-9,12-13,16H,10-11,14-15H2,1-2H3,(H,28,29,30). The van der Waals surface area contributed by atoms with Crippen molar-refractivity contribution in [3.8, 4) is 5.75 Å². The van der Waals surface area contributed by atoms with E-state index in [9.17, 15) is 13.2 Å². The van der Waals surface area contributed by atoms with Gasteiger partial charge in [-0.25, -0.2) is 4.98 Å². The molecule has 0 saturated carbocycles. The van der Waals surface area contributed by atoms with Crippen molar-refractivity contribution in [2.24, 2.45) is 0 Å². The third-order valence-electron chi connectivity index (χ3n) is 5.36. The number of hydrogen-bond donors (Lipinski definition) is 1. The average molecular weight is 442 g/mol. The summed E-state index contributed by atoms with van der Waals surface area (Å²) in [4.78, 5) is 11.4. The molecule has 0 fully saturated rings. The predicted octanol–water partition coefficient (Wildman–Crippen LogP) is 5.67. The van der Waals surface area contributed by atoms with Crippen molar-refractivity contribution in [1.82, 2.24) is 9.97 Å². The fourth-order valence-corrected chi connectivity index (χ4v) is 3.69. The van der Waals surface area contributed by atoms with Gasteiger partial charge in [0.05, 0.1) is 5.69 Å². The summed E-state index contributed by atoms with van der Waals surface area (Å²) in [5.41, 5.74) is 3.86. The molecule has 168 valence electrons. The minimum absolute atomic E-state index is 0.200. The van der Waals surface area contributed by atoms with Crippen molar-refractivity contribution < 1.29 is 17.9 Å². The van der Waals surface area contributed by atoms with Gasteiger partial charge in [-0.15, -0.1) is 13.2 Å². The molecule has 0 saturated heterocycles. The number of alkyl halides is 3. The summed E-state index contributed by atoms with van der Waals surface area (Å²) in [6, 6.07) is 16.5. The maximum Gasteiger partial charge on any atom is 0.573 e. The molecule has 2 heterocycles. The first-order valence-corrected chi connectivity index (χ1v) is 10.6. The van der Waals surface area contributed by atoms with Crippen LogP contribution in [-0.2, 0) is 19.5 Å². The number of aromatic nitrogens is 2. The fraction of sp³-hybridized carbons (Fsp3) is 0.333. The third kappa shape index (κ3) is 5.49. The second kappa shape index (κ2) is 9.06. The number of ether oxygens (including phenoxy) is 1. The molecule has 0 unspecified atom stereocenters. The number of halogens is 3. The normalized spacial score (nSPS) is 13.8. The van der Waals surface area contributed by atoms with E-state index >= 15 is 0 Å². The van der Waals surface area contributed by atoms with Crippen LogP contribution in [0, 0.1) is 0 Å². The Kier molecular flexibility index (Phi) is 6.21. The molecule has 1 aromatic heterocycles. The lowest BCUT2D eigenvalue weighted by Gasteiger charge is -2.30. The summed E-state index contributed by atoms with van der Waals surface area (Å²) in [5.74, 6) is 1.30. The van der Waals surface area contributed by atoms with Crippen molar-refractivity contribution in [1.29, 1.82) is 0 Å². The Morgan fingerprint density at radius 3 is 2.53 bits per heavy atom. The minimum atomic E-state index is -4.71. The first-order valence-electron chi connectivity index (χ1n) is 10.6. The maximum absolute atomic E-state index is 12.6. The molecule has 1 aliphatic heterocycles. The fourth-order valence-electron chi connectivity index (χ4n) is 3.69. The van der Waals surface area contributed by atoms with Crippen molar-refractivity contribution >= 4 is 11.8 Å². The zero-order valence-electron chi connectivity index (χ0n) is 18.0. The van der Waals surface area contributed by atoms with Gasteiger partial charge in [0.1, 0.15) is 11.6 Å². The number of anilines is 2. The van der Waals surface area contributed by atoms with E-state index in [1.54, 1.807) is 6.07 Å². The van der Waals surface area contributed by atoms with E-state index in [1.807, 2.05) is 36.4 Å². The number of nitrogens with one attached hydrogen (secondary N) is 1. The summed E-state index contributed by atoms with van der Waals surface area (Å²) >= 11 is 0. The van der Waals surface area contributed by atoms with E-state index in [1.165, 1.54) is 12.1 Å². The third-order valence-corrected chi connectivity index (χ3v) is 5.36. The minimum Gasteiger partial charge on any atom is -0.406 e. The molecule has 2 aromatic carbocycles. The van der Waals surface area contributed by atoms with Crippen LogP contribution < -0.4 is 15.0 Å². The van der Waals surface area contributed by atoms with Crippen LogP contribution in [0.15, 0.2) is 54.6 Å². The smallest absolute Gasteiger partial charge is 0.406 e. The molecule has 0 radical (unpaired) electrons. The summed E-state index contributed by atoms with van der Waals surface area (Å²) in [7, 11) is 0. The van der Waals surface area contributed by atoms with Crippen LogP contribution in [0.3, 0.4) is 0 Å². The Labute approximate surface area is 185 Å². The van der Waals surface area contributed by atoms with Gasteiger partial charge < -0.3 is 15.0 Å². The summed E-state index contributed by atoms with van der Waals surface area (Å²) in [5, 5.41) is 3.30. The molecule has 32 heavy (non-hydrogen) atoms. The molecule has 1 N–H and O–H groups in total. The summed E-state index contributed by atoms with van der Waals surface area (Å²) in [6.45, 7) is 5.91. The molecule has 8 heteroatoms. The zero-order valence-corrected chi connectivity index (χ0v) is 18.0. The maximum atomic E-state index is 12.6. The van der Waals surface area contributed by atoms with Crippen molar-refractivity contribution in [2.75, 3.05) is 16.8 Å². The van der Waals surface area contributed by atoms with Crippen LogP contribution >= 0.6 is 0 Å². The first-order chi connectivity index (χ1) is 15.3. The van der Waals surface area contributed by atoms with Gasteiger partial charge in [-0.05, 0) is 41.2 Å². The quantitative estimate of drug-likeness (QED) is 0.533. The van der Waals surface area contributed by atoms with E-state index < -0.39 is 6.36 Å². The van der Waals surface area contributed by atoms with E-state index in [0.717, 1.165) is 41.2 Å². The number of rotatable bonds is 6. The lowest BCUT2D eigenvalue weighted by molar-refractivity contribution is -0.274. The van der Waals surface area contributed by atoms with Gasteiger partial charge in [0.25, 0.3) is 0 Å². The van der Waals surface area contributed by atoms with Gasteiger partial charge in [-0.2, -0.15) is 4.98 Å². The molecule has 0 aliphatic carbocycles. The number of fused-ring (bicyclic) bond motifs is 1. The summed E-state index contributed by atoms with van der Waals surface area (Å²) in [6.07, 6.45) is -3.99. The Balaban J connectivity index is 1.56. The Morgan fingerprint density at radius 2 is 1.81 bits per heavy atom. The first kappa shape index (κ1) is 21.9. The van der Waals surface area contributed by atoms with Crippen LogP contribution in [0.2, 0.25) is 0 Å². The zero-order chi connectivity index (χ0) is 22.7. The molecule has 3 aromatic rings. The Hall–Kier alpha value is -3.29. The number of hydrogen-bond acceptors (Lipinski definition) is 5. The largest absolute Gasteiger partial charge is 0.573 e. The van der Waals surface area contributed by atoms with E-state index in [2.05, 4.69) is 33.8 Å². The van der Waals surface area contributed by atoms with E-state index in [4.69, 9.17) is 4.98 Å². The predicted molar refractivity (Wildman–Crippen MR) is 118 cm³/mol. The van der Waals surface area contributed by atoms with E-state index in [-0.39, 0.29) is 11.7 Å².